The predicted octanol–water partition coefficient (Wildman–Crippen LogP) is 3.43. The van der Waals surface area contributed by atoms with Crippen LogP contribution in [0.15, 0.2) is 18.2 Å². The number of nitrogens with one attached hydrogen (secondary N) is 1. The molecule has 0 saturated carbocycles. The summed E-state index contributed by atoms with van der Waals surface area (Å²) in [5, 5.41) is 4.26. The lowest BCUT2D eigenvalue weighted by molar-refractivity contribution is 1.04. The Morgan fingerprint density at radius 2 is 1.85 bits per heavy atom. The van der Waals surface area contributed by atoms with E-state index in [0.717, 1.165) is 5.69 Å². The largest absolute Gasteiger partial charge is 0.372 e. The molecule has 1 atom stereocenters. The van der Waals surface area contributed by atoms with E-state index in [1.807, 2.05) is 6.92 Å². The van der Waals surface area contributed by atoms with Crippen molar-refractivity contribution in [3.05, 3.63) is 28.2 Å². The number of rotatable bonds is 2. The van der Waals surface area contributed by atoms with E-state index >= 15 is 0 Å². The SMILES string of the molecule is C#CC(C)Nc1cc(Cl)cc(Cl)c1. The van der Waals surface area contributed by atoms with Gasteiger partial charge in [0.05, 0.1) is 6.04 Å². The quantitative estimate of drug-likeness (QED) is 0.743. The van der Waals surface area contributed by atoms with Crippen molar-refractivity contribution in [1.29, 1.82) is 0 Å². The van der Waals surface area contributed by atoms with Crippen molar-refractivity contribution in [1.82, 2.24) is 0 Å². The van der Waals surface area contributed by atoms with E-state index in [4.69, 9.17) is 29.6 Å². The van der Waals surface area contributed by atoms with Crippen molar-refractivity contribution in [2.75, 3.05) is 5.32 Å². The normalized spacial score (nSPS) is 11.8. The Balaban J connectivity index is 2.84. The maximum Gasteiger partial charge on any atom is 0.0845 e. The van der Waals surface area contributed by atoms with Gasteiger partial charge >= 0.3 is 0 Å². The van der Waals surface area contributed by atoms with E-state index < -0.39 is 0 Å². The minimum absolute atomic E-state index is 0.0328. The molecule has 0 aromatic heterocycles. The molecule has 0 aliphatic carbocycles. The molecule has 0 amide bonds. The predicted molar refractivity (Wildman–Crippen MR) is 58.4 cm³/mol. The fraction of sp³-hybridized carbons (Fsp3) is 0.200. The second kappa shape index (κ2) is 4.41. The summed E-state index contributed by atoms with van der Waals surface area (Å²) < 4.78 is 0. The molecule has 1 aromatic rings. The Hall–Kier alpha value is -0.840. The van der Waals surface area contributed by atoms with Crippen LogP contribution in [0.3, 0.4) is 0 Å². The lowest BCUT2D eigenvalue weighted by Crippen LogP contribution is -2.11. The zero-order valence-electron chi connectivity index (χ0n) is 7.14. The number of halogens is 2. The van der Waals surface area contributed by atoms with Crippen molar-refractivity contribution in [3.63, 3.8) is 0 Å². The van der Waals surface area contributed by atoms with Gasteiger partial charge in [0, 0.05) is 15.7 Å². The van der Waals surface area contributed by atoms with Gasteiger partial charge < -0.3 is 5.32 Å². The second-order valence-electron chi connectivity index (χ2n) is 2.69. The van der Waals surface area contributed by atoms with Gasteiger partial charge in [0.1, 0.15) is 0 Å². The number of benzene rings is 1. The van der Waals surface area contributed by atoms with E-state index in [0.29, 0.717) is 10.0 Å². The minimum Gasteiger partial charge on any atom is -0.372 e. The highest BCUT2D eigenvalue weighted by Gasteiger charge is 2.00. The molecule has 1 aromatic carbocycles. The summed E-state index contributed by atoms with van der Waals surface area (Å²) in [7, 11) is 0. The molecule has 68 valence electrons. The molecule has 0 aliphatic rings. The van der Waals surface area contributed by atoms with Gasteiger partial charge in [-0.3, -0.25) is 0 Å². The van der Waals surface area contributed by atoms with Crippen molar-refractivity contribution < 1.29 is 0 Å². The summed E-state index contributed by atoms with van der Waals surface area (Å²) in [5.74, 6) is 2.56. The molecule has 13 heavy (non-hydrogen) atoms. The van der Waals surface area contributed by atoms with Gasteiger partial charge in [0.2, 0.25) is 0 Å². The third kappa shape index (κ3) is 3.18. The molecule has 0 heterocycles. The first kappa shape index (κ1) is 10.2. The lowest BCUT2D eigenvalue weighted by Gasteiger charge is -2.09. The number of terminal acetylenes is 1. The molecule has 1 nitrogen and oxygen atoms in total. The molecule has 0 radical (unpaired) electrons. The highest BCUT2D eigenvalue weighted by molar-refractivity contribution is 6.35. The molecule has 0 bridgehead atoms. The molecule has 1 rings (SSSR count). The van der Waals surface area contributed by atoms with Crippen LogP contribution in [0.2, 0.25) is 10.0 Å². The molecular weight excluding hydrogens is 205 g/mol. The zero-order valence-corrected chi connectivity index (χ0v) is 8.65. The van der Waals surface area contributed by atoms with Crippen LogP contribution >= 0.6 is 23.2 Å². The summed E-state index contributed by atoms with van der Waals surface area (Å²) in [6.07, 6.45) is 5.22. The van der Waals surface area contributed by atoms with Crippen molar-refractivity contribution in [2.45, 2.75) is 13.0 Å². The summed E-state index contributed by atoms with van der Waals surface area (Å²) >= 11 is 11.6. The molecule has 1 N–H and O–H groups in total. The zero-order chi connectivity index (χ0) is 9.84. The maximum absolute atomic E-state index is 5.80. The Morgan fingerprint density at radius 3 is 2.31 bits per heavy atom. The molecule has 1 unspecified atom stereocenters. The van der Waals surface area contributed by atoms with Gasteiger partial charge in [-0.1, -0.05) is 29.1 Å². The van der Waals surface area contributed by atoms with Crippen LogP contribution in [0, 0.1) is 12.3 Å². The molecule has 0 saturated heterocycles. The van der Waals surface area contributed by atoms with Crippen LogP contribution in [0.5, 0.6) is 0 Å². The van der Waals surface area contributed by atoms with Crippen LogP contribution in [-0.4, -0.2) is 6.04 Å². The summed E-state index contributed by atoms with van der Waals surface area (Å²) in [4.78, 5) is 0. The summed E-state index contributed by atoms with van der Waals surface area (Å²) in [6, 6.07) is 5.20. The number of hydrogen-bond donors (Lipinski definition) is 1. The molecule has 3 heteroatoms. The van der Waals surface area contributed by atoms with Gasteiger partial charge in [-0.05, 0) is 25.1 Å². The average Bonchev–Trinajstić information content (AvgIpc) is 2.02. The molecule has 0 fully saturated rings. The topological polar surface area (TPSA) is 12.0 Å². The first-order valence-corrected chi connectivity index (χ1v) is 4.56. The van der Waals surface area contributed by atoms with E-state index in [1.165, 1.54) is 0 Å². The van der Waals surface area contributed by atoms with Crippen LogP contribution in [0.1, 0.15) is 6.92 Å². The average molecular weight is 214 g/mol. The lowest BCUT2D eigenvalue weighted by atomic mass is 10.3. The smallest absolute Gasteiger partial charge is 0.0845 e. The molecule has 0 aliphatic heterocycles. The minimum atomic E-state index is -0.0328. The summed E-state index contributed by atoms with van der Waals surface area (Å²) in [5.41, 5.74) is 0.836. The first-order chi connectivity index (χ1) is 6.11. The number of hydrogen-bond acceptors (Lipinski definition) is 1. The van der Waals surface area contributed by atoms with Gasteiger partial charge in [-0.15, -0.1) is 6.42 Å². The van der Waals surface area contributed by atoms with Gasteiger partial charge in [-0.2, -0.15) is 0 Å². The van der Waals surface area contributed by atoms with Gasteiger partial charge in [0.15, 0.2) is 0 Å². The van der Waals surface area contributed by atoms with Crippen molar-refractivity contribution >= 4 is 28.9 Å². The van der Waals surface area contributed by atoms with Crippen LogP contribution in [0.25, 0.3) is 0 Å². The van der Waals surface area contributed by atoms with Gasteiger partial charge in [-0.25, -0.2) is 0 Å². The fourth-order valence-electron chi connectivity index (χ4n) is 0.929. The van der Waals surface area contributed by atoms with Crippen LogP contribution < -0.4 is 5.32 Å². The highest BCUT2D eigenvalue weighted by atomic mass is 35.5. The van der Waals surface area contributed by atoms with Crippen molar-refractivity contribution in [2.24, 2.45) is 0 Å². The second-order valence-corrected chi connectivity index (χ2v) is 3.56. The molecule has 0 spiro atoms. The maximum atomic E-state index is 5.80. The third-order valence-electron chi connectivity index (χ3n) is 1.50. The summed E-state index contributed by atoms with van der Waals surface area (Å²) in [6.45, 7) is 1.88. The monoisotopic (exact) mass is 213 g/mol. The first-order valence-electron chi connectivity index (χ1n) is 3.80. The Bertz CT molecular complexity index is 321. The number of anilines is 1. The Morgan fingerprint density at radius 1 is 1.31 bits per heavy atom. The van der Waals surface area contributed by atoms with E-state index in [9.17, 15) is 0 Å². The van der Waals surface area contributed by atoms with Crippen LogP contribution in [0.4, 0.5) is 5.69 Å². The van der Waals surface area contributed by atoms with Gasteiger partial charge in [0.25, 0.3) is 0 Å². The van der Waals surface area contributed by atoms with E-state index in [1.54, 1.807) is 18.2 Å². The standard InChI is InChI=1S/C10H9Cl2N/c1-3-7(2)13-10-5-8(11)4-9(12)6-10/h1,4-7,13H,2H3. The Labute approximate surface area is 88.0 Å². The highest BCUT2D eigenvalue weighted by Crippen LogP contribution is 2.22. The fourth-order valence-corrected chi connectivity index (χ4v) is 1.45. The van der Waals surface area contributed by atoms with E-state index in [2.05, 4.69) is 11.2 Å². The third-order valence-corrected chi connectivity index (χ3v) is 1.93. The molecular formula is C10H9Cl2N. The van der Waals surface area contributed by atoms with E-state index in [-0.39, 0.29) is 6.04 Å². The van der Waals surface area contributed by atoms with Crippen LogP contribution in [-0.2, 0) is 0 Å². The van der Waals surface area contributed by atoms with Crippen molar-refractivity contribution in [3.8, 4) is 12.3 Å². The Kier molecular flexibility index (Phi) is 3.48.